The summed E-state index contributed by atoms with van der Waals surface area (Å²) < 4.78 is 17.7. The molecule has 27 heavy (non-hydrogen) atoms. The molecule has 0 saturated carbocycles. The van der Waals surface area contributed by atoms with E-state index >= 15 is 0 Å². The number of ether oxygens (including phenoxy) is 2. The van der Waals surface area contributed by atoms with Crippen LogP contribution in [0, 0.1) is 13.8 Å². The van der Waals surface area contributed by atoms with Gasteiger partial charge in [-0.25, -0.2) is 4.79 Å². The molecule has 0 aliphatic heterocycles. The number of hydrogen-bond acceptors (Lipinski definition) is 7. The number of hydrogen-bond donors (Lipinski definition) is 2. The Morgan fingerprint density at radius 1 is 1.33 bits per heavy atom. The van der Waals surface area contributed by atoms with Crippen molar-refractivity contribution < 1.29 is 18.8 Å². The number of nitrogens with one attached hydrogen (secondary N) is 1. The van der Waals surface area contributed by atoms with Crippen molar-refractivity contribution in [3.63, 3.8) is 0 Å². The normalized spacial score (nSPS) is 10.7. The number of carbonyl (C=O) groups is 1. The van der Waals surface area contributed by atoms with E-state index < -0.39 is 6.09 Å². The Labute approximate surface area is 156 Å². The average molecular weight is 371 g/mol. The molecule has 9 heteroatoms. The maximum Gasteiger partial charge on any atom is 0.417 e. The second-order valence-corrected chi connectivity index (χ2v) is 5.86. The maximum absolute atomic E-state index is 12.2. The minimum absolute atomic E-state index is 0.308. The van der Waals surface area contributed by atoms with Crippen molar-refractivity contribution in [2.75, 3.05) is 18.5 Å². The van der Waals surface area contributed by atoms with Crippen LogP contribution in [0.1, 0.15) is 11.5 Å². The van der Waals surface area contributed by atoms with E-state index in [9.17, 15) is 4.79 Å². The largest absolute Gasteiger partial charge is 0.492 e. The Balaban J connectivity index is 1.84. The van der Waals surface area contributed by atoms with Crippen LogP contribution >= 0.6 is 0 Å². The average Bonchev–Trinajstić information content (AvgIpc) is 3.20. The van der Waals surface area contributed by atoms with E-state index in [1.807, 2.05) is 13.1 Å². The third-order valence-corrected chi connectivity index (χ3v) is 3.86. The molecule has 0 unspecified atom stereocenters. The smallest absolute Gasteiger partial charge is 0.417 e. The highest BCUT2D eigenvalue weighted by atomic mass is 16.6. The summed E-state index contributed by atoms with van der Waals surface area (Å²) in [4.78, 5) is 12.2. The summed E-state index contributed by atoms with van der Waals surface area (Å²) in [7, 11) is 1.83. The number of amides is 1. The van der Waals surface area contributed by atoms with E-state index in [4.69, 9.17) is 19.7 Å². The van der Waals surface area contributed by atoms with Gasteiger partial charge in [-0.3, -0.25) is 10.00 Å². The summed E-state index contributed by atoms with van der Waals surface area (Å²) in [6, 6.07) is 7.14. The quantitative estimate of drug-likeness (QED) is 0.684. The summed E-state index contributed by atoms with van der Waals surface area (Å²) in [6.45, 7) is 4.15. The highest BCUT2D eigenvalue weighted by molar-refractivity contribution is 5.88. The Bertz CT molecular complexity index is 928. The van der Waals surface area contributed by atoms with Crippen molar-refractivity contribution >= 4 is 11.8 Å². The maximum atomic E-state index is 12.2. The summed E-state index contributed by atoms with van der Waals surface area (Å²) in [5, 5.41) is 10.6. The Hall–Kier alpha value is -3.33. The molecule has 0 bridgehead atoms. The van der Waals surface area contributed by atoms with E-state index in [2.05, 4.69) is 15.6 Å². The highest BCUT2D eigenvalue weighted by Gasteiger charge is 2.16. The van der Waals surface area contributed by atoms with Crippen molar-refractivity contribution in [1.82, 2.24) is 14.9 Å². The summed E-state index contributed by atoms with van der Waals surface area (Å²) in [6.07, 6.45) is 1.05. The van der Waals surface area contributed by atoms with Gasteiger partial charge in [-0.2, -0.15) is 5.10 Å². The molecule has 3 aromatic rings. The zero-order chi connectivity index (χ0) is 19.4. The second-order valence-electron chi connectivity index (χ2n) is 5.86. The van der Waals surface area contributed by atoms with E-state index in [-0.39, 0.29) is 0 Å². The number of aryl methyl sites for hydroxylation is 3. The molecule has 9 nitrogen and oxygen atoms in total. The van der Waals surface area contributed by atoms with Gasteiger partial charge < -0.3 is 19.7 Å². The van der Waals surface area contributed by atoms with E-state index in [1.54, 1.807) is 42.9 Å². The van der Waals surface area contributed by atoms with Gasteiger partial charge in [0.2, 0.25) is 0 Å². The minimum atomic E-state index is -0.643. The zero-order valence-electron chi connectivity index (χ0n) is 15.4. The third-order valence-electron chi connectivity index (χ3n) is 3.86. The molecule has 2 heterocycles. The van der Waals surface area contributed by atoms with Gasteiger partial charge in [-0.05, 0) is 31.2 Å². The van der Waals surface area contributed by atoms with Crippen LogP contribution in [0.4, 0.5) is 10.5 Å². The van der Waals surface area contributed by atoms with Crippen molar-refractivity contribution in [2.45, 2.75) is 13.8 Å². The van der Waals surface area contributed by atoms with Crippen LogP contribution < -0.4 is 20.5 Å². The number of nitrogens with two attached hydrogens (primary N) is 1. The van der Waals surface area contributed by atoms with Crippen LogP contribution in [0.25, 0.3) is 11.3 Å². The lowest BCUT2D eigenvalue weighted by Crippen LogP contribution is -2.17. The number of benzene rings is 1. The monoisotopic (exact) mass is 371 g/mol. The third kappa shape index (κ3) is 4.09. The van der Waals surface area contributed by atoms with Crippen molar-refractivity contribution in [3.05, 3.63) is 41.9 Å². The fourth-order valence-electron chi connectivity index (χ4n) is 2.60. The highest BCUT2D eigenvalue weighted by Crippen LogP contribution is 2.32. The van der Waals surface area contributed by atoms with E-state index in [0.717, 1.165) is 11.3 Å². The van der Waals surface area contributed by atoms with Crippen molar-refractivity contribution in [2.24, 2.45) is 12.8 Å². The molecular weight excluding hydrogens is 350 g/mol. The number of rotatable bonds is 6. The first kappa shape index (κ1) is 18.5. The number of carbonyl (C=O) groups excluding carboxylic acids is 1. The first-order valence-electron chi connectivity index (χ1n) is 8.36. The second kappa shape index (κ2) is 7.92. The molecule has 1 aromatic carbocycles. The lowest BCUT2D eigenvalue weighted by atomic mass is 10.1. The van der Waals surface area contributed by atoms with Gasteiger partial charge in [0.05, 0.1) is 5.69 Å². The van der Waals surface area contributed by atoms with Crippen LogP contribution in [0.5, 0.6) is 11.5 Å². The fraction of sp³-hybridized carbons (Fsp3) is 0.278. The molecule has 2 aromatic heterocycles. The van der Waals surface area contributed by atoms with Crippen LogP contribution in [0.15, 0.2) is 35.0 Å². The topological polar surface area (TPSA) is 117 Å². The Kier molecular flexibility index (Phi) is 5.41. The first-order chi connectivity index (χ1) is 13.0. The molecule has 0 radical (unpaired) electrons. The molecule has 0 aliphatic rings. The molecule has 0 saturated heterocycles. The predicted molar refractivity (Wildman–Crippen MR) is 98.8 cm³/mol. The van der Waals surface area contributed by atoms with E-state index in [0.29, 0.717) is 41.8 Å². The number of anilines is 1. The predicted octanol–water partition coefficient (Wildman–Crippen LogP) is 2.64. The van der Waals surface area contributed by atoms with Crippen molar-refractivity contribution in [3.8, 4) is 22.8 Å². The van der Waals surface area contributed by atoms with Crippen LogP contribution in [0.2, 0.25) is 0 Å². The van der Waals surface area contributed by atoms with Gasteiger partial charge in [0, 0.05) is 38.0 Å². The van der Waals surface area contributed by atoms with E-state index in [1.165, 1.54) is 0 Å². The van der Waals surface area contributed by atoms with Gasteiger partial charge in [0.15, 0.2) is 11.5 Å². The Morgan fingerprint density at radius 2 is 2.15 bits per heavy atom. The number of nitrogens with zero attached hydrogens (tertiary/aromatic N) is 3. The Morgan fingerprint density at radius 3 is 2.78 bits per heavy atom. The van der Waals surface area contributed by atoms with Crippen LogP contribution in [-0.4, -0.2) is 34.2 Å². The van der Waals surface area contributed by atoms with Crippen LogP contribution in [0.3, 0.4) is 0 Å². The standard InChI is InChI=1S/C18H21N5O4/c1-11-17(12(2)27-22-11)26-18(24)21-13-4-5-16(25-9-7-19)14(10-13)15-6-8-20-23(15)3/h4-6,8,10H,7,9,19H2,1-3H3,(H,21,24). The van der Waals surface area contributed by atoms with Crippen molar-refractivity contribution in [1.29, 1.82) is 0 Å². The fourth-order valence-corrected chi connectivity index (χ4v) is 2.60. The lowest BCUT2D eigenvalue weighted by molar-refractivity contribution is 0.214. The molecule has 0 atom stereocenters. The minimum Gasteiger partial charge on any atom is -0.492 e. The van der Waals surface area contributed by atoms with Gasteiger partial charge >= 0.3 is 6.09 Å². The molecule has 3 N–H and O–H groups in total. The number of aromatic nitrogens is 3. The SMILES string of the molecule is Cc1noc(C)c1OC(=O)Nc1ccc(OCCN)c(-c2ccnn2C)c1. The lowest BCUT2D eigenvalue weighted by Gasteiger charge is -2.13. The molecule has 1 amide bonds. The summed E-state index contributed by atoms with van der Waals surface area (Å²) >= 11 is 0. The van der Waals surface area contributed by atoms with Crippen LogP contribution in [-0.2, 0) is 7.05 Å². The zero-order valence-corrected chi connectivity index (χ0v) is 15.4. The van der Waals surface area contributed by atoms with Gasteiger partial charge in [0.1, 0.15) is 18.1 Å². The molecule has 142 valence electrons. The molecule has 0 fully saturated rings. The summed E-state index contributed by atoms with van der Waals surface area (Å²) in [5.74, 6) is 1.39. The molecule has 3 rings (SSSR count). The molecule has 0 aliphatic carbocycles. The molecular formula is C18H21N5O4. The first-order valence-corrected chi connectivity index (χ1v) is 8.36. The molecule has 0 spiro atoms. The summed E-state index contributed by atoms with van der Waals surface area (Å²) in [5.41, 5.74) is 8.19. The van der Waals surface area contributed by atoms with Gasteiger partial charge in [-0.15, -0.1) is 0 Å². The van der Waals surface area contributed by atoms with Gasteiger partial charge in [0.25, 0.3) is 0 Å². The van der Waals surface area contributed by atoms with Gasteiger partial charge in [-0.1, -0.05) is 5.16 Å².